The quantitative estimate of drug-likeness (QED) is 0.758. The van der Waals surface area contributed by atoms with E-state index in [1.807, 2.05) is 6.92 Å². The van der Waals surface area contributed by atoms with Crippen molar-refractivity contribution in [3.63, 3.8) is 0 Å². The smallest absolute Gasteiger partial charge is 0.326 e. The molecule has 1 aromatic heterocycles. The highest BCUT2D eigenvalue weighted by molar-refractivity contribution is 5.94. The van der Waals surface area contributed by atoms with Gasteiger partial charge in [0, 0.05) is 0 Å². The lowest BCUT2D eigenvalue weighted by molar-refractivity contribution is -0.139. The maximum Gasteiger partial charge on any atom is 0.326 e. The van der Waals surface area contributed by atoms with Crippen LogP contribution in [0, 0.1) is 5.95 Å². The maximum atomic E-state index is 12.8. The second-order valence-electron chi connectivity index (χ2n) is 3.50. The van der Waals surface area contributed by atoms with Crippen LogP contribution in [-0.2, 0) is 4.79 Å². The fourth-order valence-electron chi connectivity index (χ4n) is 1.31. The third kappa shape index (κ3) is 3.82. The highest BCUT2D eigenvalue weighted by atomic mass is 19.1. The van der Waals surface area contributed by atoms with E-state index in [1.54, 1.807) is 0 Å². The van der Waals surface area contributed by atoms with Crippen molar-refractivity contribution in [1.29, 1.82) is 0 Å². The Kier molecular flexibility index (Phi) is 4.56. The number of carbonyl (C=O) groups excluding carboxylic acids is 1. The monoisotopic (exact) mass is 240 g/mol. The van der Waals surface area contributed by atoms with Crippen LogP contribution >= 0.6 is 0 Å². The molecule has 0 radical (unpaired) electrons. The average molecular weight is 240 g/mol. The number of hydrogen-bond donors (Lipinski definition) is 2. The first kappa shape index (κ1) is 13.1. The lowest BCUT2D eigenvalue weighted by Crippen LogP contribution is -2.41. The van der Waals surface area contributed by atoms with Gasteiger partial charge in [0.25, 0.3) is 5.91 Å². The first-order valence-electron chi connectivity index (χ1n) is 5.20. The fourth-order valence-corrected chi connectivity index (χ4v) is 1.31. The summed E-state index contributed by atoms with van der Waals surface area (Å²) in [5.74, 6) is -2.58. The van der Waals surface area contributed by atoms with E-state index < -0.39 is 23.9 Å². The predicted octanol–water partition coefficient (Wildman–Crippen LogP) is 1.20. The summed E-state index contributed by atoms with van der Waals surface area (Å²) in [6, 6.07) is 2.80. The van der Waals surface area contributed by atoms with Crippen LogP contribution in [0.1, 0.15) is 30.3 Å². The van der Waals surface area contributed by atoms with Crippen LogP contribution in [-0.4, -0.2) is 28.0 Å². The van der Waals surface area contributed by atoms with Crippen molar-refractivity contribution in [3.8, 4) is 0 Å². The Bertz CT molecular complexity index is 423. The third-order valence-electron chi connectivity index (χ3n) is 2.13. The van der Waals surface area contributed by atoms with E-state index >= 15 is 0 Å². The minimum atomic E-state index is -1.11. The molecular formula is C11H13FN2O3. The zero-order chi connectivity index (χ0) is 12.8. The SMILES string of the molecule is CCC[C@H](NC(=O)c1cccc(F)n1)C(=O)O. The summed E-state index contributed by atoms with van der Waals surface area (Å²) in [6.45, 7) is 1.81. The number of aromatic nitrogens is 1. The van der Waals surface area contributed by atoms with Gasteiger partial charge < -0.3 is 10.4 Å². The Morgan fingerprint density at radius 1 is 1.53 bits per heavy atom. The second kappa shape index (κ2) is 5.93. The third-order valence-corrected chi connectivity index (χ3v) is 2.13. The lowest BCUT2D eigenvalue weighted by Gasteiger charge is -2.12. The van der Waals surface area contributed by atoms with Gasteiger partial charge in [-0.15, -0.1) is 0 Å². The molecule has 1 atom stereocenters. The standard InChI is InChI=1S/C11H13FN2O3/c1-2-4-8(11(16)17)14-10(15)7-5-3-6-9(12)13-7/h3,5-6,8H,2,4H2,1H3,(H,14,15)(H,16,17)/t8-/m0/s1. The summed E-state index contributed by atoms with van der Waals surface area (Å²) in [4.78, 5) is 25.8. The van der Waals surface area contributed by atoms with Gasteiger partial charge in [0.15, 0.2) is 0 Å². The van der Waals surface area contributed by atoms with Crippen molar-refractivity contribution in [3.05, 3.63) is 29.8 Å². The zero-order valence-corrected chi connectivity index (χ0v) is 9.31. The molecule has 2 N–H and O–H groups in total. The van der Waals surface area contributed by atoms with Gasteiger partial charge in [-0.2, -0.15) is 4.39 Å². The van der Waals surface area contributed by atoms with Gasteiger partial charge in [-0.1, -0.05) is 19.4 Å². The molecule has 0 aromatic carbocycles. The molecule has 0 spiro atoms. The van der Waals surface area contributed by atoms with Gasteiger partial charge in [-0.3, -0.25) is 4.79 Å². The predicted molar refractivity (Wildman–Crippen MR) is 58.0 cm³/mol. The van der Waals surface area contributed by atoms with Gasteiger partial charge in [-0.05, 0) is 18.6 Å². The molecule has 0 saturated heterocycles. The number of nitrogens with one attached hydrogen (secondary N) is 1. The molecule has 0 fully saturated rings. The summed E-state index contributed by atoms with van der Waals surface area (Å²) in [5.41, 5.74) is -0.132. The lowest BCUT2D eigenvalue weighted by atomic mass is 10.1. The van der Waals surface area contributed by atoms with E-state index in [-0.39, 0.29) is 5.69 Å². The molecule has 17 heavy (non-hydrogen) atoms. The van der Waals surface area contributed by atoms with E-state index in [2.05, 4.69) is 10.3 Å². The maximum absolute atomic E-state index is 12.8. The molecule has 0 saturated carbocycles. The van der Waals surface area contributed by atoms with Crippen molar-refractivity contribution in [2.45, 2.75) is 25.8 Å². The van der Waals surface area contributed by atoms with Crippen molar-refractivity contribution in [2.24, 2.45) is 0 Å². The Morgan fingerprint density at radius 3 is 2.76 bits per heavy atom. The first-order valence-corrected chi connectivity index (χ1v) is 5.20. The fraction of sp³-hybridized carbons (Fsp3) is 0.364. The van der Waals surface area contributed by atoms with Crippen molar-refractivity contribution in [1.82, 2.24) is 10.3 Å². The number of aliphatic carboxylic acids is 1. The van der Waals surface area contributed by atoms with Gasteiger partial charge in [0.1, 0.15) is 11.7 Å². The second-order valence-corrected chi connectivity index (χ2v) is 3.50. The minimum Gasteiger partial charge on any atom is -0.480 e. The molecule has 0 aliphatic heterocycles. The molecule has 1 aromatic rings. The molecule has 0 aliphatic carbocycles. The number of pyridine rings is 1. The molecule has 0 aliphatic rings. The number of hydrogen-bond acceptors (Lipinski definition) is 3. The van der Waals surface area contributed by atoms with Crippen molar-refractivity contribution in [2.75, 3.05) is 0 Å². The topological polar surface area (TPSA) is 79.3 Å². The number of carboxylic acid groups (broad SMARTS) is 1. The molecule has 0 unspecified atom stereocenters. The van der Waals surface area contributed by atoms with Crippen LogP contribution in [0.15, 0.2) is 18.2 Å². The zero-order valence-electron chi connectivity index (χ0n) is 9.31. The van der Waals surface area contributed by atoms with Crippen LogP contribution in [0.4, 0.5) is 4.39 Å². The molecule has 1 heterocycles. The Balaban J connectivity index is 2.73. The normalized spacial score (nSPS) is 11.9. The number of halogens is 1. The number of nitrogens with zero attached hydrogens (tertiary/aromatic N) is 1. The summed E-state index contributed by atoms with van der Waals surface area (Å²) in [5, 5.41) is 11.1. The van der Waals surface area contributed by atoms with Gasteiger partial charge in [0.2, 0.25) is 5.95 Å². The molecule has 6 heteroatoms. The number of amides is 1. The molecule has 5 nitrogen and oxygen atoms in total. The van der Waals surface area contributed by atoms with Crippen LogP contribution < -0.4 is 5.32 Å². The van der Waals surface area contributed by atoms with Crippen LogP contribution in [0.3, 0.4) is 0 Å². The van der Waals surface area contributed by atoms with E-state index in [0.29, 0.717) is 12.8 Å². The summed E-state index contributed by atoms with van der Waals surface area (Å²) < 4.78 is 12.8. The molecule has 92 valence electrons. The van der Waals surface area contributed by atoms with Crippen LogP contribution in [0.25, 0.3) is 0 Å². The molecule has 0 bridgehead atoms. The number of rotatable bonds is 5. The van der Waals surface area contributed by atoms with E-state index in [0.717, 1.165) is 6.07 Å². The summed E-state index contributed by atoms with van der Waals surface area (Å²) >= 11 is 0. The number of carbonyl (C=O) groups is 2. The summed E-state index contributed by atoms with van der Waals surface area (Å²) in [6.07, 6.45) is 0.935. The van der Waals surface area contributed by atoms with Crippen molar-refractivity contribution < 1.29 is 19.1 Å². The van der Waals surface area contributed by atoms with Crippen LogP contribution in [0.5, 0.6) is 0 Å². The first-order chi connectivity index (χ1) is 8.04. The summed E-state index contributed by atoms with van der Waals surface area (Å²) in [7, 11) is 0. The van der Waals surface area contributed by atoms with E-state index in [4.69, 9.17) is 5.11 Å². The number of carboxylic acids is 1. The highest BCUT2D eigenvalue weighted by Gasteiger charge is 2.20. The van der Waals surface area contributed by atoms with E-state index in [1.165, 1.54) is 12.1 Å². The molecule has 1 rings (SSSR count). The van der Waals surface area contributed by atoms with Gasteiger partial charge in [-0.25, -0.2) is 9.78 Å². The van der Waals surface area contributed by atoms with E-state index in [9.17, 15) is 14.0 Å². The van der Waals surface area contributed by atoms with Crippen molar-refractivity contribution >= 4 is 11.9 Å². The Labute approximate surface area is 97.7 Å². The Hall–Kier alpha value is -1.98. The Morgan fingerprint density at radius 2 is 2.24 bits per heavy atom. The van der Waals surface area contributed by atoms with Crippen LogP contribution in [0.2, 0.25) is 0 Å². The largest absolute Gasteiger partial charge is 0.480 e. The highest BCUT2D eigenvalue weighted by Crippen LogP contribution is 2.01. The van der Waals surface area contributed by atoms with Gasteiger partial charge >= 0.3 is 5.97 Å². The minimum absolute atomic E-state index is 0.132. The van der Waals surface area contributed by atoms with Gasteiger partial charge in [0.05, 0.1) is 0 Å². The molecular weight excluding hydrogens is 227 g/mol. The average Bonchev–Trinajstić information content (AvgIpc) is 2.28. The molecule has 1 amide bonds.